The normalized spacial score (nSPS) is 10.7. The summed E-state index contributed by atoms with van der Waals surface area (Å²) >= 11 is 3.36. The molecule has 2 aromatic carbocycles. The summed E-state index contributed by atoms with van der Waals surface area (Å²) in [6.45, 7) is 0. The summed E-state index contributed by atoms with van der Waals surface area (Å²) in [6.07, 6.45) is 3.29. The Morgan fingerprint density at radius 3 is 2.77 bits per heavy atom. The van der Waals surface area contributed by atoms with Crippen LogP contribution in [0.3, 0.4) is 0 Å². The second kappa shape index (κ2) is 7.91. The van der Waals surface area contributed by atoms with Crippen LogP contribution in [0.5, 0.6) is 5.75 Å². The first kappa shape index (κ1) is 19.5. The minimum atomic E-state index is -0.602. The number of hydrogen-bond donors (Lipinski definition) is 1. The van der Waals surface area contributed by atoms with Gasteiger partial charge in [-0.25, -0.2) is 4.98 Å². The topological polar surface area (TPSA) is 120 Å². The Morgan fingerprint density at radius 2 is 2.03 bits per heavy atom. The summed E-state index contributed by atoms with van der Waals surface area (Å²) in [5.41, 5.74) is 2.11. The van der Waals surface area contributed by atoms with Gasteiger partial charge in [-0.1, -0.05) is 0 Å². The van der Waals surface area contributed by atoms with Crippen LogP contribution in [0.15, 0.2) is 63.7 Å². The molecule has 10 heteroatoms. The average molecular weight is 469 g/mol. The third-order valence-corrected chi connectivity index (χ3v) is 4.67. The monoisotopic (exact) mass is 468 g/mol. The van der Waals surface area contributed by atoms with Crippen LogP contribution >= 0.6 is 15.9 Å². The third kappa shape index (κ3) is 3.85. The molecule has 0 aliphatic carbocycles. The molecule has 0 saturated heterocycles. The van der Waals surface area contributed by atoms with Crippen LogP contribution in [0.1, 0.15) is 10.4 Å². The second-order valence-electron chi connectivity index (χ2n) is 6.19. The zero-order valence-electron chi connectivity index (χ0n) is 15.5. The average Bonchev–Trinajstić information content (AvgIpc) is 3.16. The number of methoxy groups -OCH3 is 1. The largest absolute Gasteiger partial charge is 0.490 e. The third-order valence-electron chi connectivity index (χ3n) is 4.24. The van der Waals surface area contributed by atoms with E-state index in [2.05, 4.69) is 31.2 Å². The SMILES string of the molecule is COc1ccc(C(=O)Nc2ccc3oc(-c4cncc(Br)c4)nc3c2)cc1[N+](=O)[O-]. The number of hydrogen-bond acceptors (Lipinski definition) is 7. The summed E-state index contributed by atoms with van der Waals surface area (Å²) < 4.78 is 11.5. The van der Waals surface area contributed by atoms with E-state index in [0.29, 0.717) is 28.2 Å². The van der Waals surface area contributed by atoms with E-state index in [9.17, 15) is 14.9 Å². The van der Waals surface area contributed by atoms with E-state index in [4.69, 9.17) is 9.15 Å². The van der Waals surface area contributed by atoms with Crippen LogP contribution in [-0.2, 0) is 0 Å². The standard InChI is InChI=1S/C20H13BrN4O5/c1-29-18-4-2-11(7-16(18)25(27)28)19(26)23-14-3-5-17-15(8-14)24-20(30-17)12-6-13(21)10-22-9-12/h2-10H,1H3,(H,23,26). The van der Waals surface area contributed by atoms with Gasteiger partial charge in [0.2, 0.25) is 5.89 Å². The summed E-state index contributed by atoms with van der Waals surface area (Å²) in [5, 5.41) is 13.9. The zero-order chi connectivity index (χ0) is 21.3. The number of carbonyl (C=O) groups is 1. The fraction of sp³-hybridized carbons (Fsp3) is 0.0500. The zero-order valence-corrected chi connectivity index (χ0v) is 17.0. The van der Waals surface area contributed by atoms with E-state index in [0.717, 1.165) is 4.47 Å². The summed E-state index contributed by atoms with van der Waals surface area (Å²) in [7, 11) is 1.33. The number of fused-ring (bicyclic) bond motifs is 1. The smallest absolute Gasteiger partial charge is 0.311 e. The number of rotatable bonds is 5. The molecular weight excluding hydrogens is 456 g/mol. The lowest BCUT2D eigenvalue weighted by atomic mass is 10.1. The molecular formula is C20H13BrN4O5. The second-order valence-corrected chi connectivity index (χ2v) is 7.11. The number of nitro groups is 1. The molecule has 1 amide bonds. The number of pyridine rings is 1. The Morgan fingerprint density at radius 1 is 1.20 bits per heavy atom. The number of carbonyl (C=O) groups excluding carboxylic acids is 1. The Bertz CT molecular complexity index is 1290. The van der Waals surface area contributed by atoms with Crippen LogP contribution < -0.4 is 10.1 Å². The molecule has 1 N–H and O–H groups in total. The van der Waals surface area contributed by atoms with Crippen LogP contribution in [0.2, 0.25) is 0 Å². The molecule has 0 unspecified atom stereocenters. The van der Waals surface area contributed by atoms with Gasteiger partial charge in [0.05, 0.1) is 17.6 Å². The number of aromatic nitrogens is 2. The Hall–Kier alpha value is -3.79. The number of benzene rings is 2. The summed E-state index contributed by atoms with van der Waals surface area (Å²) in [6, 6.07) is 10.8. The molecule has 0 saturated carbocycles. The fourth-order valence-corrected chi connectivity index (χ4v) is 3.20. The highest BCUT2D eigenvalue weighted by atomic mass is 79.9. The minimum Gasteiger partial charge on any atom is -0.490 e. The van der Waals surface area contributed by atoms with E-state index >= 15 is 0 Å². The van der Waals surface area contributed by atoms with E-state index in [-0.39, 0.29) is 17.0 Å². The molecule has 4 rings (SSSR count). The molecule has 0 atom stereocenters. The number of nitrogens with zero attached hydrogens (tertiary/aromatic N) is 3. The number of nitrogens with one attached hydrogen (secondary N) is 1. The number of halogens is 1. The highest BCUT2D eigenvalue weighted by Crippen LogP contribution is 2.29. The number of anilines is 1. The van der Waals surface area contributed by atoms with E-state index in [1.165, 1.54) is 25.3 Å². The fourth-order valence-electron chi connectivity index (χ4n) is 2.83. The van der Waals surface area contributed by atoms with Gasteiger partial charge in [0.15, 0.2) is 11.3 Å². The van der Waals surface area contributed by atoms with Crippen molar-refractivity contribution < 1.29 is 18.9 Å². The van der Waals surface area contributed by atoms with Crippen molar-refractivity contribution in [3.63, 3.8) is 0 Å². The lowest BCUT2D eigenvalue weighted by molar-refractivity contribution is -0.385. The van der Waals surface area contributed by atoms with Gasteiger partial charge < -0.3 is 14.5 Å². The molecule has 0 spiro atoms. The highest BCUT2D eigenvalue weighted by molar-refractivity contribution is 9.10. The molecule has 0 radical (unpaired) electrons. The van der Waals surface area contributed by atoms with Crippen molar-refractivity contribution in [2.45, 2.75) is 0 Å². The molecule has 30 heavy (non-hydrogen) atoms. The van der Waals surface area contributed by atoms with Gasteiger partial charge in [0.25, 0.3) is 5.91 Å². The lowest BCUT2D eigenvalue weighted by Gasteiger charge is -2.06. The van der Waals surface area contributed by atoms with Gasteiger partial charge >= 0.3 is 5.69 Å². The van der Waals surface area contributed by atoms with Crippen LogP contribution in [0.4, 0.5) is 11.4 Å². The maximum Gasteiger partial charge on any atom is 0.311 e. The molecule has 2 heterocycles. The van der Waals surface area contributed by atoms with E-state index in [1.54, 1.807) is 30.6 Å². The first-order valence-corrected chi connectivity index (χ1v) is 9.39. The number of ether oxygens (including phenoxy) is 1. The Labute approximate surface area is 178 Å². The van der Waals surface area contributed by atoms with E-state index in [1.807, 2.05) is 6.07 Å². The number of oxazole rings is 1. The maximum atomic E-state index is 12.6. The summed E-state index contributed by atoms with van der Waals surface area (Å²) in [5.74, 6) is -0.0248. The molecule has 4 aromatic rings. The molecule has 2 aromatic heterocycles. The first-order chi connectivity index (χ1) is 14.4. The number of amides is 1. The lowest BCUT2D eigenvalue weighted by Crippen LogP contribution is -2.12. The quantitative estimate of drug-likeness (QED) is 0.329. The van der Waals surface area contributed by atoms with Gasteiger partial charge in [-0.3, -0.25) is 19.9 Å². The van der Waals surface area contributed by atoms with Gasteiger partial charge in [-0.05, 0) is 52.3 Å². The molecule has 150 valence electrons. The Kier molecular flexibility index (Phi) is 5.15. The first-order valence-electron chi connectivity index (χ1n) is 8.60. The van der Waals surface area contributed by atoms with Crippen molar-refractivity contribution in [3.05, 3.63) is 75.0 Å². The highest BCUT2D eigenvalue weighted by Gasteiger charge is 2.18. The molecule has 0 aliphatic rings. The van der Waals surface area contributed by atoms with E-state index < -0.39 is 10.8 Å². The molecule has 0 bridgehead atoms. The van der Waals surface area contributed by atoms with Crippen molar-refractivity contribution >= 4 is 44.3 Å². The predicted molar refractivity (Wildman–Crippen MR) is 113 cm³/mol. The van der Waals surface area contributed by atoms with Gasteiger partial charge in [0.1, 0.15) is 5.52 Å². The van der Waals surface area contributed by atoms with Crippen molar-refractivity contribution in [3.8, 4) is 17.2 Å². The van der Waals surface area contributed by atoms with Crippen LogP contribution in [0.25, 0.3) is 22.6 Å². The van der Waals surface area contributed by atoms with Gasteiger partial charge in [-0.2, -0.15) is 0 Å². The van der Waals surface area contributed by atoms with Crippen molar-refractivity contribution in [1.82, 2.24) is 9.97 Å². The summed E-state index contributed by atoms with van der Waals surface area (Å²) in [4.78, 5) is 31.7. The maximum absolute atomic E-state index is 12.6. The van der Waals surface area contributed by atoms with Crippen molar-refractivity contribution in [2.75, 3.05) is 12.4 Å². The molecule has 9 nitrogen and oxygen atoms in total. The minimum absolute atomic E-state index is 0.0788. The number of nitro benzene ring substituents is 1. The van der Waals surface area contributed by atoms with Crippen LogP contribution in [0, 0.1) is 10.1 Å². The van der Waals surface area contributed by atoms with Gasteiger partial charge in [-0.15, -0.1) is 0 Å². The molecule has 0 aliphatic heterocycles. The predicted octanol–water partition coefficient (Wildman–Crippen LogP) is 4.82. The van der Waals surface area contributed by atoms with Gasteiger partial charge in [0, 0.05) is 34.2 Å². The van der Waals surface area contributed by atoms with Crippen molar-refractivity contribution in [1.29, 1.82) is 0 Å². The Balaban J connectivity index is 1.60. The van der Waals surface area contributed by atoms with Crippen molar-refractivity contribution in [2.24, 2.45) is 0 Å². The molecule has 0 fully saturated rings. The van der Waals surface area contributed by atoms with Crippen LogP contribution in [-0.4, -0.2) is 27.9 Å².